The summed E-state index contributed by atoms with van der Waals surface area (Å²) in [6, 6.07) is 6.04. The predicted octanol–water partition coefficient (Wildman–Crippen LogP) is -1.56. The molecule has 0 unspecified atom stereocenters. The third-order valence-electron chi connectivity index (χ3n) is 3.67. The second-order valence-electron chi connectivity index (χ2n) is 5.48. The van der Waals surface area contributed by atoms with Gasteiger partial charge in [-0.2, -0.15) is 4.68 Å². The van der Waals surface area contributed by atoms with Gasteiger partial charge >= 0.3 is 5.69 Å². The van der Waals surface area contributed by atoms with E-state index in [4.69, 9.17) is 5.14 Å². The molecule has 136 valence electrons. The van der Waals surface area contributed by atoms with Crippen LogP contribution in [0.15, 0.2) is 40.3 Å². The van der Waals surface area contributed by atoms with E-state index in [0.29, 0.717) is 6.42 Å². The number of aryl methyl sites for hydroxylation is 1. The quantitative estimate of drug-likeness (QED) is 0.545. The fourth-order valence-corrected chi connectivity index (χ4v) is 2.81. The van der Waals surface area contributed by atoms with Crippen molar-refractivity contribution in [3.8, 4) is 0 Å². The molecule has 2 heterocycles. The first kappa shape index (κ1) is 17.7. The molecule has 2 aromatic heterocycles. The summed E-state index contributed by atoms with van der Waals surface area (Å²) in [5, 5.41) is 15.1. The van der Waals surface area contributed by atoms with Crippen molar-refractivity contribution >= 4 is 21.6 Å². The number of fused-ring (bicyclic) bond motifs is 1. The summed E-state index contributed by atoms with van der Waals surface area (Å²) in [6.45, 7) is 0.283. The van der Waals surface area contributed by atoms with Gasteiger partial charge in [-0.05, 0) is 24.1 Å². The largest absolute Gasteiger partial charge is 0.352 e. The third-order valence-corrected chi connectivity index (χ3v) is 4.59. The van der Waals surface area contributed by atoms with Crippen molar-refractivity contribution in [2.24, 2.45) is 12.2 Å². The van der Waals surface area contributed by atoms with Gasteiger partial charge in [-0.15, -0.1) is 5.10 Å². The number of nitrogens with zero attached hydrogens (tertiary/aromatic N) is 5. The van der Waals surface area contributed by atoms with Crippen molar-refractivity contribution in [1.29, 1.82) is 0 Å². The number of benzene rings is 1. The van der Waals surface area contributed by atoms with Gasteiger partial charge < -0.3 is 5.32 Å². The summed E-state index contributed by atoms with van der Waals surface area (Å²) in [5.41, 5.74) is 0.431. The van der Waals surface area contributed by atoms with Crippen molar-refractivity contribution in [3.63, 3.8) is 0 Å². The Bertz CT molecular complexity index is 1130. The number of nitrogens with two attached hydrogens (primary N) is 1. The number of rotatable bonds is 5. The van der Waals surface area contributed by atoms with Crippen LogP contribution in [0, 0.1) is 0 Å². The van der Waals surface area contributed by atoms with Gasteiger partial charge in [-0.25, -0.2) is 27.7 Å². The Morgan fingerprint density at radius 3 is 2.62 bits per heavy atom. The highest BCUT2D eigenvalue weighted by molar-refractivity contribution is 7.89. The maximum absolute atomic E-state index is 12.2. The van der Waals surface area contributed by atoms with E-state index in [1.807, 2.05) is 0 Å². The number of primary sulfonamides is 1. The van der Waals surface area contributed by atoms with Crippen LogP contribution in [0.4, 0.5) is 0 Å². The Labute approximate surface area is 147 Å². The highest BCUT2D eigenvalue weighted by Crippen LogP contribution is 2.09. The first-order chi connectivity index (χ1) is 12.3. The molecule has 0 atom stereocenters. The minimum atomic E-state index is -3.73. The zero-order valence-corrected chi connectivity index (χ0v) is 14.5. The molecule has 12 heteroatoms. The second-order valence-corrected chi connectivity index (χ2v) is 7.04. The van der Waals surface area contributed by atoms with Crippen LogP contribution in [0.5, 0.6) is 0 Å². The molecule has 1 aromatic carbocycles. The molecule has 0 aliphatic rings. The molecule has 0 bridgehead atoms. The van der Waals surface area contributed by atoms with E-state index in [2.05, 4.69) is 20.6 Å². The highest BCUT2D eigenvalue weighted by Gasteiger charge is 2.16. The van der Waals surface area contributed by atoms with Crippen LogP contribution in [0.3, 0.4) is 0 Å². The number of hydrogen-bond acceptors (Lipinski definition) is 7. The van der Waals surface area contributed by atoms with Gasteiger partial charge in [-0.3, -0.25) is 4.79 Å². The number of sulfonamides is 1. The number of imidazole rings is 1. The lowest BCUT2D eigenvalue weighted by molar-refractivity contribution is 0.0951. The Morgan fingerprint density at radius 1 is 1.27 bits per heavy atom. The molecular weight excluding hydrogens is 362 g/mol. The van der Waals surface area contributed by atoms with Crippen molar-refractivity contribution in [1.82, 2.24) is 29.7 Å². The van der Waals surface area contributed by atoms with Gasteiger partial charge in [0.25, 0.3) is 5.91 Å². The van der Waals surface area contributed by atoms with E-state index < -0.39 is 21.6 Å². The zero-order chi connectivity index (χ0) is 18.9. The van der Waals surface area contributed by atoms with E-state index >= 15 is 0 Å². The molecule has 0 saturated carbocycles. The number of aromatic nitrogens is 5. The van der Waals surface area contributed by atoms with Gasteiger partial charge in [0.15, 0.2) is 11.3 Å². The summed E-state index contributed by atoms with van der Waals surface area (Å²) >= 11 is 0. The number of nitrogens with one attached hydrogen (secondary N) is 1. The molecule has 3 N–H and O–H groups in total. The van der Waals surface area contributed by atoms with Crippen LogP contribution in [0.2, 0.25) is 0 Å². The number of hydrogen-bond donors (Lipinski definition) is 2. The first-order valence-electron chi connectivity index (χ1n) is 7.44. The lowest BCUT2D eigenvalue weighted by Gasteiger charge is -2.05. The van der Waals surface area contributed by atoms with Crippen LogP contribution < -0.4 is 16.1 Å². The minimum absolute atomic E-state index is 0.000210. The Hall–Kier alpha value is -3.12. The molecule has 0 aliphatic carbocycles. The zero-order valence-electron chi connectivity index (χ0n) is 13.7. The molecule has 0 spiro atoms. The minimum Gasteiger partial charge on any atom is -0.350 e. The molecular formula is C14H15N7O4S. The van der Waals surface area contributed by atoms with Crippen LogP contribution in [0.25, 0.3) is 5.65 Å². The first-order valence-corrected chi connectivity index (χ1v) is 8.99. The van der Waals surface area contributed by atoms with Gasteiger partial charge in [0, 0.05) is 13.6 Å². The monoisotopic (exact) mass is 377 g/mol. The van der Waals surface area contributed by atoms with Gasteiger partial charge in [0.2, 0.25) is 10.0 Å². The topological polar surface area (TPSA) is 154 Å². The summed E-state index contributed by atoms with van der Waals surface area (Å²) in [6.07, 6.45) is 1.68. The molecule has 3 aromatic rings. The smallest absolute Gasteiger partial charge is 0.350 e. The van der Waals surface area contributed by atoms with Crippen molar-refractivity contribution < 1.29 is 13.2 Å². The van der Waals surface area contributed by atoms with Crippen LogP contribution in [0.1, 0.15) is 16.1 Å². The number of amides is 1. The summed E-state index contributed by atoms with van der Waals surface area (Å²) < 4.78 is 24.6. The SMILES string of the molecule is Cn1nnc2c(C(=O)NCCc3ccc(S(N)(=O)=O)cc3)ncn2c1=O. The summed E-state index contributed by atoms with van der Waals surface area (Å²) in [4.78, 5) is 28.0. The Kier molecular flexibility index (Phi) is 4.52. The average Bonchev–Trinajstić information content (AvgIpc) is 3.02. The number of carbonyl (C=O) groups is 1. The lowest BCUT2D eigenvalue weighted by atomic mass is 10.1. The molecule has 11 nitrogen and oxygen atoms in total. The highest BCUT2D eigenvalue weighted by atomic mass is 32.2. The second kappa shape index (κ2) is 6.65. The number of carbonyl (C=O) groups excluding carboxylic acids is 1. The molecule has 0 fully saturated rings. The van der Waals surface area contributed by atoms with Crippen molar-refractivity contribution in [2.45, 2.75) is 11.3 Å². The maximum atomic E-state index is 12.2. The third kappa shape index (κ3) is 3.45. The standard InChI is InChI=1S/C14H15N7O4S/c1-20-14(23)21-8-17-11(12(21)18-19-20)13(22)16-7-6-9-2-4-10(5-3-9)26(15,24)25/h2-5,8H,6-7H2,1H3,(H,16,22)(H2,15,24,25). The molecule has 26 heavy (non-hydrogen) atoms. The van der Waals surface area contributed by atoms with Crippen molar-refractivity contribution in [2.75, 3.05) is 6.54 Å². The van der Waals surface area contributed by atoms with E-state index in [9.17, 15) is 18.0 Å². The molecule has 1 amide bonds. The van der Waals surface area contributed by atoms with Gasteiger partial charge in [-0.1, -0.05) is 17.3 Å². The molecule has 0 radical (unpaired) electrons. The maximum Gasteiger partial charge on any atom is 0.352 e. The normalized spacial score (nSPS) is 11.6. The van der Waals surface area contributed by atoms with Crippen LogP contribution >= 0.6 is 0 Å². The molecule has 3 rings (SSSR count). The van der Waals surface area contributed by atoms with E-state index in [-0.39, 0.29) is 22.8 Å². The Morgan fingerprint density at radius 2 is 1.96 bits per heavy atom. The van der Waals surface area contributed by atoms with Gasteiger partial charge in [0.1, 0.15) is 6.33 Å². The fraction of sp³-hybridized carbons (Fsp3) is 0.214. The van der Waals surface area contributed by atoms with Crippen LogP contribution in [-0.2, 0) is 23.5 Å². The van der Waals surface area contributed by atoms with E-state index in [1.54, 1.807) is 12.1 Å². The lowest BCUT2D eigenvalue weighted by Crippen LogP contribution is -2.29. The summed E-state index contributed by atoms with van der Waals surface area (Å²) in [7, 11) is -2.29. The summed E-state index contributed by atoms with van der Waals surface area (Å²) in [5.74, 6) is -0.490. The molecule has 0 aliphatic heterocycles. The average molecular weight is 377 g/mol. The van der Waals surface area contributed by atoms with Crippen LogP contribution in [-0.4, -0.2) is 45.2 Å². The van der Waals surface area contributed by atoms with E-state index in [0.717, 1.165) is 14.6 Å². The van der Waals surface area contributed by atoms with E-state index in [1.165, 1.54) is 25.5 Å². The van der Waals surface area contributed by atoms with Gasteiger partial charge in [0.05, 0.1) is 4.90 Å². The predicted molar refractivity (Wildman–Crippen MR) is 89.9 cm³/mol. The Balaban J connectivity index is 1.66. The fourth-order valence-electron chi connectivity index (χ4n) is 2.29. The molecule has 0 saturated heterocycles. The van der Waals surface area contributed by atoms with Crippen molar-refractivity contribution in [3.05, 3.63) is 52.3 Å².